The van der Waals surface area contributed by atoms with Crippen LogP contribution >= 0.6 is 0 Å². The molecule has 0 saturated heterocycles. The first-order valence-electron chi connectivity index (χ1n) is 9.12. The maximum atomic E-state index is 6.47. The zero-order valence-electron chi connectivity index (χ0n) is 14.8. The van der Waals surface area contributed by atoms with Crippen LogP contribution in [0.25, 0.3) is 32.7 Å². The molecule has 0 aromatic heterocycles. The van der Waals surface area contributed by atoms with Crippen molar-refractivity contribution in [3.8, 4) is 22.6 Å². The van der Waals surface area contributed by atoms with Gasteiger partial charge in [0.2, 0.25) is 0 Å². The third-order valence-corrected chi connectivity index (χ3v) is 4.88. The van der Waals surface area contributed by atoms with Crippen molar-refractivity contribution < 1.29 is 4.74 Å². The van der Waals surface area contributed by atoms with Crippen LogP contribution in [-0.2, 0) is 0 Å². The van der Waals surface area contributed by atoms with Crippen molar-refractivity contribution in [2.45, 2.75) is 0 Å². The number of hydrogen-bond acceptors (Lipinski definition) is 1. The van der Waals surface area contributed by atoms with Crippen molar-refractivity contribution in [3.05, 3.63) is 109 Å². The molecule has 0 aliphatic rings. The molecule has 0 N–H and O–H groups in total. The van der Waals surface area contributed by atoms with E-state index in [9.17, 15) is 0 Å². The van der Waals surface area contributed by atoms with Gasteiger partial charge in [0.05, 0.1) is 0 Å². The second kappa shape index (κ2) is 6.62. The standard InChI is InChI=1S/C26H18O/c1-2-9-19(10-3-1)20-13-8-14-23(18-20)27-26-24-15-6-4-11-21(24)17-22-12-5-7-16-25(22)26/h1-18H. The second-order valence-electron chi connectivity index (χ2n) is 6.64. The molecular weight excluding hydrogens is 328 g/mol. The highest BCUT2D eigenvalue weighted by molar-refractivity contribution is 6.05. The van der Waals surface area contributed by atoms with Crippen molar-refractivity contribution in [2.24, 2.45) is 0 Å². The Morgan fingerprint density at radius 2 is 1.04 bits per heavy atom. The number of benzene rings is 5. The highest BCUT2D eigenvalue weighted by Gasteiger charge is 2.10. The molecule has 0 aliphatic heterocycles. The fourth-order valence-electron chi connectivity index (χ4n) is 3.57. The third kappa shape index (κ3) is 2.94. The Hall–Kier alpha value is -3.58. The zero-order chi connectivity index (χ0) is 18.1. The minimum absolute atomic E-state index is 0.845. The number of rotatable bonds is 3. The van der Waals surface area contributed by atoms with Crippen molar-refractivity contribution in [1.29, 1.82) is 0 Å². The summed E-state index contributed by atoms with van der Waals surface area (Å²) in [7, 11) is 0. The van der Waals surface area contributed by atoms with E-state index in [4.69, 9.17) is 4.74 Å². The van der Waals surface area contributed by atoms with Crippen LogP contribution in [0, 0.1) is 0 Å². The normalized spacial score (nSPS) is 11.0. The first-order chi connectivity index (χ1) is 13.4. The van der Waals surface area contributed by atoms with Gasteiger partial charge in [-0.15, -0.1) is 0 Å². The molecule has 0 bridgehead atoms. The summed E-state index contributed by atoms with van der Waals surface area (Å²) in [5.74, 6) is 1.76. The second-order valence-corrected chi connectivity index (χ2v) is 6.64. The first-order valence-corrected chi connectivity index (χ1v) is 9.12. The smallest absolute Gasteiger partial charge is 0.143 e. The van der Waals surface area contributed by atoms with Crippen molar-refractivity contribution in [1.82, 2.24) is 0 Å². The molecule has 0 fully saturated rings. The summed E-state index contributed by atoms with van der Waals surface area (Å²) in [5.41, 5.74) is 2.34. The van der Waals surface area contributed by atoms with Gasteiger partial charge in [0, 0.05) is 10.8 Å². The van der Waals surface area contributed by atoms with E-state index in [2.05, 4.69) is 91.0 Å². The molecule has 0 saturated carbocycles. The molecule has 1 heteroatoms. The molecule has 5 aromatic carbocycles. The first kappa shape index (κ1) is 15.7. The minimum Gasteiger partial charge on any atom is -0.456 e. The fourth-order valence-corrected chi connectivity index (χ4v) is 3.57. The Kier molecular flexibility index (Phi) is 3.84. The molecule has 0 amide bonds. The SMILES string of the molecule is c1ccc(-c2cccc(Oc3c4ccccc4cc4ccccc34)c2)cc1. The molecule has 27 heavy (non-hydrogen) atoms. The highest BCUT2D eigenvalue weighted by atomic mass is 16.5. The van der Waals surface area contributed by atoms with E-state index >= 15 is 0 Å². The third-order valence-electron chi connectivity index (χ3n) is 4.88. The summed E-state index contributed by atoms with van der Waals surface area (Å²) >= 11 is 0. The summed E-state index contributed by atoms with van der Waals surface area (Å²) in [4.78, 5) is 0. The van der Waals surface area contributed by atoms with Crippen LogP contribution in [0.3, 0.4) is 0 Å². The predicted octanol–water partition coefficient (Wildman–Crippen LogP) is 7.45. The molecular formula is C26H18O. The van der Waals surface area contributed by atoms with Crippen LogP contribution in [0.4, 0.5) is 0 Å². The molecule has 5 aromatic rings. The molecule has 0 unspecified atom stereocenters. The molecule has 0 aliphatic carbocycles. The van der Waals surface area contributed by atoms with Crippen LogP contribution in [0.1, 0.15) is 0 Å². The Morgan fingerprint density at radius 3 is 1.74 bits per heavy atom. The highest BCUT2D eigenvalue weighted by Crippen LogP contribution is 2.38. The molecule has 0 atom stereocenters. The van der Waals surface area contributed by atoms with Gasteiger partial charge < -0.3 is 4.74 Å². The van der Waals surface area contributed by atoms with Crippen LogP contribution in [0.15, 0.2) is 109 Å². The average Bonchev–Trinajstić information content (AvgIpc) is 2.74. The van der Waals surface area contributed by atoms with Crippen LogP contribution in [0.5, 0.6) is 11.5 Å². The fraction of sp³-hybridized carbons (Fsp3) is 0. The topological polar surface area (TPSA) is 9.23 Å². The molecule has 128 valence electrons. The summed E-state index contributed by atoms with van der Waals surface area (Å²) in [5, 5.41) is 4.62. The van der Waals surface area contributed by atoms with Gasteiger partial charge in [-0.1, -0.05) is 91.0 Å². The van der Waals surface area contributed by atoms with E-state index in [1.54, 1.807) is 0 Å². The number of ether oxygens (including phenoxy) is 1. The van der Waals surface area contributed by atoms with E-state index in [0.717, 1.165) is 27.8 Å². The molecule has 0 spiro atoms. The summed E-state index contributed by atoms with van der Waals surface area (Å²) in [6.45, 7) is 0. The summed E-state index contributed by atoms with van der Waals surface area (Å²) in [6, 6.07) is 37.6. The van der Waals surface area contributed by atoms with Gasteiger partial charge in [0.15, 0.2) is 0 Å². The molecule has 1 nitrogen and oxygen atoms in total. The minimum atomic E-state index is 0.845. The largest absolute Gasteiger partial charge is 0.456 e. The van der Waals surface area contributed by atoms with Crippen molar-refractivity contribution in [2.75, 3.05) is 0 Å². The van der Waals surface area contributed by atoms with E-state index in [1.807, 2.05) is 18.2 Å². The maximum Gasteiger partial charge on any atom is 0.143 e. The zero-order valence-corrected chi connectivity index (χ0v) is 14.8. The van der Waals surface area contributed by atoms with Crippen molar-refractivity contribution >= 4 is 21.5 Å². The Labute approximate surface area is 158 Å². The molecule has 0 heterocycles. The van der Waals surface area contributed by atoms with E-state index in [-0.39, 0.29) is 0 Å². The van der Waals surface area contributed by atoms with E-state index in [0.29, 0.717) is 0 Å². The van der Waals surface area contributed by atoms with Crippen molar-refractivity contribution in [3.63, 3.8) is 0 Å². The van der Waals surface area contributed by atoms with Crippen LogP contribution < -0.4 is 4.74 Å². The van der Waals surface area contributed by atoms with Crippen LogP contribution in [0.2, 0.25) is 0 Å². The monoisotopic (exact) mass is 346 g/mol. The van der Waals surface area contributed by atoms with Gasteiger partial charge in [-0.25, -0.2) is 0 Å². The van der Waals surface area contributed by atoms with Crippen LogP contribution in [-0.4, -0.2) is 0 Å². The Balaban J connectivity index is 1.66. The molecule has 5 rings (SSSR count). The van der Waals surface area contributed by atoms with Gasteiger partial charge in [0.25, 0.3) is 0 Å². The average molecular weight is 346 g/mol. The van der Waals surface area contributed by atoms with E-state index in [1.165, 1.54) is 16.3 Å². The predicted molar refractivity (Wildman–Crippen MR) is 113 cm³/mol. The lowest BCUT2D eigenvalue weighted by molar-refractivity contribution is 0.494. The maximum absolute atomic E-state index is 6.47. The molecule has 0 radical (unpaired) electrons. The van der Waals surface area contributed by atoms with Gasteiger partial charge in [0.1, 0.15) is 11.5 Å². The van der Waals surface area contributed by atoms with Gasteiger partial charge in [-0.05, 0) is 40.1 Å². The number of fused-ring (bicyclic) bond motifs is 2. The summed E-state index contributed by atoms with van der Waals surface area (Å²) < 4.78 is 6.47. The van der Waals surface area contributed by atoms with Gasteiger partial charge >= 0.3 is 0 Å². The number of hydrogen-bond donors (Lipinski definition) is 0. The van der Waals surface area contributed by atoms with Gasteiger partial charge in [-0.2, -0.15) is 0 Å². The Morgan fingerprint density at radius 1 is 0.444 bits per heavy atom. The lowest BCUT2D eigenvalue weighted by Gasteiger charge is -2.14. The van der Waals surface area contributed by atoms with Gasteiger partial charge in [-0.3, -0.25) is 0 Å². The lowest BCUT2D eigenvalue weighted by atomic mass is 10.0. The summed E-state index contributed by atoms with van der Waals surface area (Å²) in [6.07, 6.45) is 0. The Bertz CT molecular complexity index is 1190. The lowest BCUT2D eigenvalue weighted by Crippen LogP contribution is -1.89. The quantitative estimate of drug-likeness (QED) is 0.308. The van der Waals surface area contributed by atoms with E-state index < -0.39 is 0 Å².